The molecule has 0 aromatic carbocycles. The molecule has 1 heterocycles. The molecule has 1 aliphatic rings. The molecule has 2 rings (SSSR count). The average Bonchev–Trinajstić information content (AvgIpc) is 3.05. The second-order valence-electron chi connectivity index (χ2n) is 5.13. The van der Waals surface area contributed by atoms with Crippen molar-refractivity contribution < 1.29 is 8.42 Å². The van der Waals surface area contributed by atoms with Crippen LogP contribution in [0.1, 0.15) is 31.7 Å². The molecule has 1 fully saturated rings. The highest BCUT2D eigenvalue weighted by atomic mass is 32.2. The van der Waals surface area contributed by atoms with E-state index in [4.69, 9.17) is 0 Å². The van der Waals surface area contributed by atoms with Gasteiger partial charge in [-0.2, -0.15) is 9.40 Å². The van der Waals surface area contributed by atoms with E-state index in [0.29, 0.717) is 24.6 Å². The van der Waals surface area contributed by atoms with E-state index in [1.807, 2.05) is 0 Å². The second kappa shape index (κ2) is 6.02. The number of sulfonamides is 1. The molecule has 1 aromatic heterocycles. The van der Waals surface area contributed by atoms with E-state index >= 15 is 0 Å². The van der Waals surface area contributed by atoms with Gasteiger partial charge in [0.2, 0.25) is 0 Å². The normalized spacial score (nSPS) is 16.2. The van der Waals surface area contributed by atoms with Gasteiger partial charge in [-0.1, -0.05) is 6.92 Å². The summed E-state index contributed by atoms with van der Waals surface area (Å²) in [6, 6.07) is 0. The highest BCUT2D eigenvalue weighted by Gasteiger charge is 2.31. The summed E-state index contributed by atoms with van der Waals surface area (Å²) in [6.07, 6.45) is 4.86. The van der Waals surface area contributed by atoms with Crippen molar-refractivity contribution in [2.45, 2.75) is 37.8 Å². The van der Waals surface area contributed by atoms with E-state index in [1.165, 1.54) is 4.31 Å². The predicted molar refractivity (Wildman–Crippen MR) is 73.1 cm³/mol. The lowest BCUT2D eigenvalue weighted by atomic mass is 10.3. The van der Waals surface area contributed by atoms with Crippen molar-refractivity contribution in [3.63, 3.8) is 0 Å². The maximum atomic E-state index is 12.4. The largest absolute Gasteiger partial charge is 0.313 e. The number of rotatable bonds is 8. The molecule has 0 aliphatic heterocycles. The molecule has 0 unspecified atom stereocenters. The fourth-order valence-corrected chi connectivity index (χ4v) is 3.31. The zero-order valence-corrected chi connectivity index (χ0v) is 12.3. The molecule has 0 amide bonds. The van der Waals surface area contributed by atoms with Crippen LogP contribution in [0.15, 0.2) is 11.2 Å². The minimum atomic E-state index is -3.44. The van der Waals surface area contributed by atoms with E-state index in [9.17, 15) is 8.42 Å². The van der Waals surface area contributed by atoms with Crippen LogP contribution in [-0.4, -0.2) is 43.1 Å². The molecule has 6 nitrogen and oxygen atoms in total. The van der Waals surface area contributed by atoms with Crippen molar-refractivity contribution >= 4 is 10.0 Å². The summed E-state index contributed by atoms with van der Waals surface area (Å²) in [7, 11) is -1.81. The van der Waals surface area contributed by atoms with Gasteiger partial charge >= 0.3 is 0 Å². The fraction of sp³-hybridized carbons (Fsp3) is 0.750. The summed E-state index contributed by atoms with van der Waals surface area (Å²) in [4.78, 5) is 0. The quantitative estimate of drug-likeness (QED) is 0.697. The van der Waals surface area contributed by atoms with Crippen LogP contribution in [0.5, 0.6) is 0 Å². The SMILES string of the molecule is CCCNCc1cn[nH]c1S(=O)(=O)N(C)CC1CC1. The van der Waals surface area contributed by atoms with Crippen molar-refractivity contribution in [2.75, 3.05) is 20.1 Å². The molecule has 19 heavy (non-hydrogen) atoms. The first-order chi connectivity index (χ1) is 9.05. The minimum Gasteiger partial charge on any atom is -0.313 e. The smallest absolute Gasteiger partial charge is 0.260 e. The highest BCUT2D eigenvalue weighted by Crippen LogP contribution is 2.31. The van der Waals surface area contributed by atoms with Crippen molar-refractivity contribution in [1.29, 1.82) is 0 Å². The molecule has 1 saturated carbocycles. The summed E-state index contributed by atoms with van der Waals surface area (Å²) < 4.78 is 26.3. The maximum absolute atomic E-state index is 12.4. The Morgan fingerprint density at radius 1 is 1.53 bits per heavy atom. The van der Waals surface area contributed by atoms with Crippen molar-refractivity contribution in [1.82, 2.24) is 19.8 Å². The maximum Gasteiger partial charge on any atom is 0.260 e. The molecule has 1 aliphatic carbocycles. The third kappa shape index (κ3) is 3.55. The van der Waals surface area contributed by atoms with Gasteiger partial charge in [-0.3, -0.25) is 5.10 Å². The lowest BCUT2D eigenvalue weighted by Gasteiger charge is -2.16. The summed E-state index contributed by atoms with van der Waals surface area (Å²) in [5.41, 5.74) is 0.705. The number of aromatic amines is 1. The number of H-pyrrole nitrogens is 1. The second-order valence-corrected chi connectivity index (χ2v) is 7.11. The van der Waals surface area contributed by atoms with Gasteiger partial charge < -0.3 is 5.32 Å². The standard InChI is InChI=1S/C12H22N4O2S/c1-3-6-13-7-11-8-14-15-12(11)19(17,18)16(2)9-10-4-5-10/h8,10,13H,3-7,9H2,1-2H3,(H,14,15). The third-order valence-corrected chi connectivity index (χ3v) is 5.14. The topological polar surface area (TPSA) is 78.1 Å². The number of nitrogens with one attached hydrogen (secondary N) is 2. The van der Waals surface area contributed by atoms with E-state index in [0.717, 1.165) is 25.8 Å². The molecule has 108 valence electrons. The average molecular weight is 286 g/mol. The summed E-state index contributed by atoms with van der Waals surface area (Å²) in [5, 5.41) is 9.92. The Labute approximate surface area is 114 Å². The van der Waals surface area contributed by atoms with E-state index in [1.54, 1.807) is 13.2 Å². The monoisotopic (exact) mass is 286 g/mol. The van der Waals surface area contributed by atoms with Gasteiger partial charge in [0, 0.05) is 25.7 Å². The van der Waals surface area contributed by atoms with Gasteiger partial charge in [0.05, 0.1) is 6.20 Å². The molecular weight excluding hydrogens is 264 g/mol. The van der Waals surface area contributed by atoms with Crippen molar-refractivity contribution in [2.24, 2.45) is 5.92 Å². The lowest BCUT2D eigenvalue weighted by Crippen LogP contribution is -2.30. The van der Waals surface area contributed by atoms with Gasteiger partial charge in [-0.05, 0) is 31.7 Å². The van der Waals surface area contributed by atoms with Gasteiger partial charge in [0.15, 0.2) is 5.03 Å². The van der Waals surface area contributed by atoms with Crippen molar-refractivity contribution in [3.05, 3.63) is 11.8 Å². The Kier molecular flexibility index (Phi) is 4.59. The van der Waals surface area contributed by atoms with Crippen LogP contribution in [0.2, 0.25) is 0 Å². The zero-order valence-electron chi connectivity index (χ0n) is 11.5. The number of hydrogen-bond acceptors (Lipinski definition) is 4. The first-order valence-electron chi connectivity index (χ1n) is 6.75. The first-order valence-corrected chi connectivity index (χ1v) is 8.19. The molecule has 0 bridgehead atoms. The molecule has 7 heteroatoms. The minimum absolute atomic E-state index is 0.222. The Morgan fingerprint density at radius 2 is 2.26 bits per heavy atom. The predicted octanol–water partition coefficient (Wildman–Crippen LogP) is 0.940. The number of hydrogen-bond donors (Lipinski definition) is 2. The summed E-state index contributed by atoms with van der Waals surface area (Å²) >= 11 is 0. The highest BCUT2D eigenvalue weighted by molar-refractivity contribution is 7.89. The molecule has 0 radical (unpaired) electrons. The van der Waals surface area contributed by atoms with Crippen LogP contribution < -0.4 is 5.32 Å². The van der Waals surface area contributed by atoms with Gasteiger partial charge in [-0.25, -0.2) is 8.42 Å². The van der Waals surface area contributed by atoms with Crippen LogP contribution in [-0.2, 0) is 16.6 Å². The molecule has 1 aromatic rings. The molecule has 0 atom stereocenters. The Balaban J connectivity index is 2.08. The fourth-order valence-electron chi connectivity index (χ4n) is 1.97. The van der Waals surface area contributed by atoms with Crippen molar-refractivity contribution in [3.8, 4) is 0 Å². The molecular formula is C12H22N4O2S. The van der Waals surface area contributed by atoms with E-state index in [2.05, 4.69) is 22.4 Å². The molecule has 0 spiro atoms. The third-order valence-electron chi connectivity index (χ3n) is 3.30. The lowest BCUT2D eigenvalue weighted by molar-refractivity contribution is 0.449. The van der Waals surface area contributed by atoms with Crippen LogP contribution in [0, 0.1) is 5.92 Å². The summed E-state index contributed by atoms with van der Waals surface area (Å²) in [6.45, 7) is 4.06. The first kappa shape index (κ1) is 14.5. The van der Waals surface area contributed by atoms with Gasteiger partial charge in [0.1, 0.15) is 0 Å². The van der Waals surface area contributed by atoms with E-state index < -0.39 is 10.0 Å². The van der Waals surface area contributed by atoms with Crippen LogP contribution in [0.4, 0.5) is 0 Å². The zero-order chi connectivity index (χ0) is 13.9. The van der Waals surface area contributed by atoms with Crippen LogP contribution in [0.25, 0.3) is 0 Å². The Bertz CT molecular complexity index is 508. The van der Waals surface area contributed by atoms with Crippen LogP contribution in [0.3, 0.4) is 0 Å². The summed E-state index contributed by atoms with van der Waals surface area (Å²) in [5.74, 6) is 0.532. The van der Waals surface area contributed by atoms with E-state index in [-0.39, 0.29) is 5.03 Å². The Morgan fingerprint density at radius 3 is 2.89 bits per heavy atom. The number of nitrogens with zero attached hydrogens (tertiary/aromatic N) is 2. The molecule has 2 N–H and O–H groups in total. The van der Waals surface area contributed by atoms with Gasteiger partial charge in [0.25, 0.3) is 10.0 Å². The Hall–Kier alpha value is -0.920. The van der Waals surface area contributed by atoms with Crippen LogP contribution >= 0.6 is 0 Å². The number of aromatic nitrogens is 2. The molecule has 0 saturated heterocycles. The van der Waals surface area contributed by atoms with Gasteiger partial charge in [-0.15, -0.1) is 0 Å².